The highest BCUT2D eigenvalue weighted by atomic mass is 16.5. The Labute approximate surface area is 138 Å². The van der Waals surface area contributed by atoms with Gasteiger partial charge < -0.3 is 15.4 Å². The minimum absolute atomic E-state index is 0.236. The summed E-state index contributed by atoms with van der Waals surface area (Å²) in [7, 11) is 1.54. The van der Waals surface area contributed by atoms with Crippen LogP contribution in [0.1, 0.15) is 10.4 Å². The van der Waals surface area contributed by atoms with E-state index in [2.05, 4.69) is 25.6 Å². The number of hydrogen-bond acceptors (Lipinski definition) is 6. The van der Waals surface area contributed by atoms with Gasteiger partial charge in [0.1, 0.15) is 0 Å². The average Bonchev–Trinajstić information content (AvgIpc) is 2.63. The van der Waals surface area contributed by atoms with Crippen LogP contribution < -0.4 is 15.4 Å². The van der Waals surface area contributed by atoms with E-state index < -0.39 is 0 Å². The van der Waals surface area contributed by atoms with Crippen LogP contribution in [-0.4, -0.2) is 28.0 Å². The predicted octanol–water partition coefficient (Wildman–Crippen LogP) is 2.88. The van der Waals surface area contributed by atoms with Crippen LogP contribution in [-0.2, 0) is 0 Å². The third kappa shape index (κ3) is 3.83. The first-order valence-corrected chi connectivity index (χ1v) is 7.20. The Hall–Kier alpha value is -3.48. The highest BCUT2D eigenvalue weighted by Crippen LogP contribution is 2.16. The summed E-state index contributed by atoms with van der Waals surface area (Å²) >= 11 is 0. The molecule has 0 aliphatic carbocycles. The first kappa shape index (κ1) is 15.4. The van der Waals surface area contributed by atoms with Gasteiger partial charge in [-0.15, -0.1) is 0 Å². The molecule has 0 saturated heterocycles. The zero-order valence-corrected chi connectivity index (χ0v) is 12.9. The van der Waals surface area contributed by atoms with Crippen molar-refractivity contribution in [2.75, 3.05) is 17.7 Å². The van der Waals surface area contributed by atoms with E-state index in [0.29, 0.717) is 23.1 Å². The van der Waals surface area contributed by atoms with Crippen molar-refractivity contribution >= 4 is 23.2 Å². The van der Waals surface area contributed by atoms with Gasteiger partial charge in [0.2, 0.25) is 11.8 Å². The topological polar surface area (TPSA) is 89.0 Å². The lowest BCUT2D eigenvalue weighted by atomic mass is 10.2. The normalized spacial score (nSPS) is 10.0. The lowest BCUT2D eigenvalue weighted by Crippen LogP contribution is -2.12. The van der Waals surface area contributed by atoms with Crippen LogP contribution >= 0.6 is 0 Å². The van der Waals surface area contributed by atoms with Crippen molar-refractivity contribution < 1.29 is 9.53 Å². The Morgan fingerprint density at radius 3 is 2.54 bits per heavy atom. The smallest absolute Gasteiger partial charge is 0.255 e. The second-order valence-corrected chi connectivity index (χ2v) is 4.82. The van der Waals surface area contributed by atoms with Crippen LogP contribution in [0.2, 0.25) is 0 Å². The van der Waals surface area contributed by atoms with E-state index in [1.807, 2.05) is 6.07 Å². The first-order valence-electron chi connectivity index (χ1n) is 7.20. The van der Waals surface area contributed by atoms with E-state index in [1.165, 1.54) is 13.3 Å². The van der Waals surface area contributed by atoms with Gasteiger partial charge in [-0.1, -0.05) is 6.07 Å². The van der Waals surface area contributed by atoms with Crippen LogP contribution in [0, 0.1) is 0 Å². The number of nitrogens with zero attached hydrogens (tertiary/aromatic N) is 3. The van der Waals surface area contributed by atoms with Gasteiger partial charge in [-0.3, -0.25) is 4.79 Å². The standard InChI is InChI=1S/C17H15N5O2/c1-24-15-7-6-14(11-20-15)21-16(23)12-4-2-5-13(10-12)22-17-18-8-3-9-19-17/h2-11H,1H3,(H,21,23)(H,18,19,22). The van der Waals surface area contributed by atoms with Crippen molar-refractivity contribution in [2.24, 2.45) is 0 Å². The van der Waals surface area contributed by atoms with Gasteiger partial charge in [0.25, 0.3) is 5.91 Å². The number of carbonyl (C=O) groups excluding carboxylic acids is 1. The molecule has 1 amide bonds. The fourth-order valence-electron chi connectivity index (χ4n) is 2.01. The molecule has 3 rings (SSSR count). The Balaban J connectivity index is 1.71. The van der Waals surface area contributed by atoms with Crippen molar-refractivity contribution in [3.05, 3.63) is 66.6 Å². The summed E-state index contributed by atoms with van der Waals surface area (Å²) in [6.45, 7) is 0. The highest BCUT2D eigenvalue weighted by molar-refractivity contribution is 6.04. The van der Waals surface area contributed by atoms with E-state index >= 15 is 0 Å². The van der Waals surface area contributed by atoms with Gasteiger partial charge in [0, 0.05) is 29.7 Å². The van der Waals surface area contributed by atoms with Crippen molar-refractivity contribution in [1.29, 1.82) is 0 Å². The molecule has 2 aromatic heterocycles. The van der Waals surface area contributed by atoms with Gasteiger partial charge >= 0.3 is 0 Å². The maximum Gasteiger partial charge on any atom is 0.255 e. The third-order valence-corrected chi connectivity index (χ3v) is 3.15. The number of methoxy groups -OCH3 is 1. The molecular formula is C17H15N5O2. The monoisotopic (exact) mass is 321 g/mol. The number of nitrogens with one attached hydrogen (secondary N) is 2. The van der Waals surface area contributed by atoms with Crippen molar-refractivity contribution in [3.63, 3.8) is 0 Å². The summed E-state index contributed by atoms with van der Waals surface area (Å²) in [5.41, 5.74) is 1.82. The molecular weight excluding hydrogens is 306 g/mol. The van der Waals surface area contributed by atoms with Crippen LogP contribution in [0.15, 0.2) is 61.1 Å². The second-order valence-electron chi connectivity index (χ2n) is 4.82. The molecule has 0 radical (unpaired) electrons. The van der Waals surface area contributed by atoms with Crippen molar-refractivity contribution in [1.82, 2.24) is 15.0 Å². The molecule has 24 heavy (non-hydrogen) atoms. The van der Waals surface area contributed by atoms with Crippen molar-refractivity contribution in [2.45, 2.75) is 0 Å². The zero-order valence-electron chi connectivity index (χ0n) is 12.9. The fourth-order valence-corrected chi connectivity index (χ4v) is 2.01. The first-order chi connectivity index (χ1) is 11.7. The molecule has 7 heteroatoms. The molecule has 0 aliphatic rings. The Morgan fingerprint density at radius 1 is 1.00 bits per heavy atom. The molecule has 7 nitrogen and oxygen atoms in total. The summed E-state index contributed by atoms with van der Waals surface area (Å²) in [6, 6.07) is 12.2. The summed E-state index contributed by atoms with van der Waals surface area (Å²) in [5, 5.41) is 5.83. The van der Waals surface area contributed by atoms with Gasteiger partial charge in [-0.25, -0.2) is 15.0 Å². The van der Waals surface area contributed by atoms with E-state index in [0.717, 1.165) is 5.69 Å². The maximum absolute atomic E-state index is 12.3. The molecule has 2 N–H and O–H groups in total. The van der Waals surface area contributed by atoms with Gasteiger partial charge in [-0.2, -0.15) is 0 Å². The minimum atomic E-state index is -0.236. The Kier molecular flexibility index (Phi) is 4.62. The number of amides is 1. The van der Waals surface area contributed by atoms with Crippen LogP contribution in [0.5, 0.6) is 5.88 Å². The predicted molar refractivity (Wildman–Crippen MR) is 90.5 cm³/mol. The highest BCUT2D eigenvalue weighted by Gasteiger charge is 2.08. The number of rotatable bonds is 5. The molecule has 2 heterocycles. The number of pyridine rings is 1. The Bertz CT molecular complexity index is 822. The van der Waals surface area contributed by atoms with Gasteiger partial charge in [0.05, 0.1) is 19.0 Å². The minimum Gasteiger partial charge on any atom is -0.481 e. The molecule has 0 spiro atoms. The lowest BCUT2D eigenvalue weighted by molar-refractivity contribution is 0.102. The third-order valence-electron chi connectivity index (χ3n) is 3.15. The number of anilines is 3. The molecule has 0 atom stereocenters. The second kappa shape index (κ2) is 7.19. The molecule has 0 unspecified atom stereocenters. The van der Waals surface area contributed by atoms with Crippen LogP contribution in [0.4, 0.5) is 17.3 Å². The molecule has 0 saturated carbocycles. The number of carbonyl (C=O) groups is 1. The maximum atomic E-state index is 12.3. The van der Waals surface area contributed by atoms with Crippen LogP contribution in [0.25, 0.3) is 0 Å². The molecule has 3 aromatic rings. The number of benzene rings is 1. The van der Waals surface area contributed by atoms with E-state index in [4.69, 9.17) is 4.74 Å². The zero-order chi connectivity index (χ0) is 16.8. The van der Waals surface area contributed by atoms with Gasteiger partial charge in [0.15, 0.2) is 0 Å². The fraction of sp³-hybridized carbons (Fsp3) is 0.0588. The summed E-state index contributed by atoms with van der Waals surface area (Å²) in [4.78, 5) is 24.6. The summed E-state index contributed by atoms with van der Waals surface area (Å²) in [6.07, 6.45) is 4.82. The molecule has 1 aromatic carbocycles. The molecule has 120 valence electrons. The van der Waals surface area contributed by atoms with E-state index in [1.54, 1.807) is 48.8 Å². The number of aromatic nitrogens is 3. The Morgan fingerprint density at radius 2 is 1.83 bits per heavy atom. The van der Waals surface area contributed by atoms with Gasteiger partial charge in [-0.05, 0) is 30.3 Å². The number of ether oxygens (including phenoxy) is 1. The molecule has 0 aliphatic heterocycles. The lowest BCUT2D eigenvalue weighted by Gasteiger charge is -2.08. The quantitative estimate of drug-likeness (QED) is 0.751. The van der Waals surface area contributed by atoms with E-state index in [9.17, 15) is 4.79 Å². The average molecular weight is 321 g/mol. The van der Waals surface area contributed by atoms with Crippen LogP contribution in [0.3, 0.4) is 0 Å². The SMILES string of the molecule is COc1ccc(NC(=O)c2cccc(Nc3ncccn3)c2)cn1. The molecule has 0 fully saturated rings. The largest absolute Gasteiger partial charge is 0.481 e. The molecule has 0 bridgehead atoms. The summed E-state index contributed by atoms with van der Waals surface area (Å²) < 4.78 is 4.99. The van der Waals surface area contributed by atoms with E-state index in [-0.39, 0.29) is 5.91 Å². The summed E-state index contributed by atoms with van der Waals surface area (Å²) in [5.74, 6) is 0.719. The van der Waals surface area contributed by atoms with Crippen molar-refractivity contribution in [3.8, 4) is 5.88 Å². The number of hydrogen-bond donors (Lipinski definition) is 2.